The molecular formula is C57H60BN3Si. The van der Waals surface area contributed by atoms with Crippen molar-refractivity contribution in [1.29, 1.82) is 0 Å². The van der Waals surface area contributed by atoms with E-state index in [2.05, 4.69) is 192 Å². The molecule has 0 saturated heterocycles. The van der Waals surface area contributed by atoms with Gasteiger partial charge in [-0.2, -0.15) is 0 Å². The molecule has 6 aromatic carbocycles. The summed E-state index contributed by atoms with van der Waals surface area (Å²) in [5.41, 5.74) is 21.4. The Morgan fingerprint density at radius 1 is 0.613 bits per heavy atom. The number of benzene rings is 6. The van der Waals surface area contributed by atoms with Crippen LogP contribution in [0.25, 0.3) is 27.5 Å². The van der Waals surface area contributed by atoms with E-state index in [1.807, 2.05) is 0 Å². The molecule has 0 radical (unpaired) electrons. The summed E-state index contributed by atoms with van der Waals surface area (Å²) in [6, 6.07) is 44.2. The summed E-state index contributed by atoms with van der Waals surface area (Å²) >= 11 is 0. The molecule has 0 spiro atoms. The van der Waals surface area contributed by atoms with E-state index in [9.17, 15) is 0 Å². The third-order valence-corrected chi connectivity index (χ3v) is 20.3. The van der Waals surface area contributed by atoms with Crippen LogP contribution in [0.3, 0.4) is 0 Å². The van der Waals surface area contributed by atoms with Gasteiger partial charge in [0.15, 0.2) is 0 Å². The minimum atomic E-state index is -1.69. The van der Waals surface area contributed by atoms with Gasteiger partial charge in [0.25, 0.3) is 6.71 Å². The molecule has 1 aromatic heterocycles. The van der Waals surface area contributed by atoms with Crippen LogP contribution in [-0.2, 0) is 28.2 Å². The van der Waals surface area contributed by atoms with Crippen LogP contribution in [0.4, 0.5) is 22.7 Å². The Balaban J connectivity index is 1.19. The molecule has 5 heterocycles. The summed E-state index contributed by atoms with van der Waals surface area (Å²) in [5.74, 6) is 0. The van der Waals surface area contributed by atoms with Crippen LogP contribution in [0.1, 0.15) is 108 Å². The molecule has 13 rings (SSSR count). The first kappa shape index (κ1) is 37.5. The molecule has 6 aliphatic rings. The van der Waals surface area contributed by atoms with Crippen LogP contribution in [0.5, 0.6) is 0 Å². The van der Waals surface area contributed by atoms with E-state index in [0.29, 0.717) is 0 Å². The quantitative estimate of drug-likeness (QED) is 0.161. The zero-order valence-corrected chi connectivity index (χ0v) is 39.6. The smallest absolute Gasteiger partial charge is 0.252 e. The molecule has 4 unspecified atom stereocenters. The predicted octanol–water partition coefficient (Wildman–Crippen LogP) is 11.8. The maximum Gasteiger partial charge on any atom is 0.252 e. The third kappa shape index (κ3) is 4.22. The van der Waals surface area contributed by atoms with Gasteiger partial charge in [-0.3, -0.25) is 0 Å². The van der Waals surface area contributed by atoms with E-state index in [1.54, 1.807) is 16.2 Å². The molecule has 1 saturated carbocycles. The van der Waals surface area contributed by atoms with Gasteiger partial charge in [0, 0.05) is 55.6 Å². The fourth-order valence-electron chi connectivity index (χ4n) is 14.5. The fraction of sp³-hybridized carbons (Fsp3) is 0.368. The van der Waals surface area contributed by atoms with Crippen molar-refractivity contribution in [2.75, 3.05) is 9.80 Å². The number of rotatable bonds is 2. The molecule has 7 aromatic rings. The van der Waals surface area contributed by atoms with E-state index in [0.717, 1.165) is 12.8 Å². The van der Waals surface area contributed by atoms with E-state index in [4.69, 9.17) is 0 Å². The molecule has 62 heavy (non-hydrogen) atoms. The Bertz CT molecular complexity index is 3160. The number of hydrogen-bond donors (Lipinski definition) is 0. The van der Waals surface area contributed by atoms with Crippen molar-refractivity contribution in [1.82, 2.24) is 4.57 Å². The van der Waals surface area contributed by atoms with Gasteiger partial charge in [-0.05, 0) is 113 Å². The van der Waals surface area contributed by atoms with E-state index < -0.39 is 8.07 Å². The number of anilines is 4. The van der Waals surface area contributed by atoms with Crippen molar-refractivity contribution in [2.24, 2.45) is 0 Å². The normalized spacial score (nSPS) is 26.3. The molecule has 0 amide bonds. The first-order valence-corrected chi connectivity index (χ1v) is 27.2. The Labute approximate surface area is 370 Å². The highest BCUT2D eigenvalue weighted by Gasteiger charge is 2.63. The average molecular weight is 826 g/mol. The number of aromatic nitrogens is 1. The monoisotopic (exact) mass is 825 g/mol. The van der Waals surface area contributed by atoms with Crippen LogP contribution in [-0.4, -0.2) is 24.9 Å². The van der Waals surface area contributed by atoms with Gasteiger partial charge in [0.05, 0.1) is 24.7 Å². The van der Waals surface area contributed by atoms with Gasteiger partial charge in [0.1, 0.15) is 0 Å². The maximum atomic E-state index is 2.95. The second kappa shape index (κ2) is 11.6. The minimum absolute atomic E-state index is 0.0475. The molecule has 2 aliphatic carbocycles. The molecule has 0 N–H and O–H groups in total. The van der Waals surface area contributed by atoms with Crippen LogP contribution >= 0.6 is 0 Å². The number of hydrogen-bond acceptors (Lipinski definition) is 2. The lowest BCUT2D eigenvalue weighted by Crippen LogP contribution is -2.64. The van der Waals surface area contributed by atoms with E-state index in [1.165, 1.54) is 109 Å². The van der Waals surface area contributed by atoms with Gasteiger partial charge in [0.2, 0.25) is 0 Å². The number of nitrogens with zero attached hydrogens (tertiary/aromatic N) is 3. The molecule has 310 valence electrons. The zero-order chi connectivity index (χ0) is 42.7. The highest BCUT2D eigenvalue weighted by molar-refractivity contribution is 7.01. The predicted molar refractivity (Wildman–Crippen MR) is 268 cm³/mol. The lowest BCUT2D eigenvalue weighted by molar-refractivity contribution is 0.195. The van der Waals surface area contributed by atoms with Crippen molar-refractivity contribution in [3.8, 4) is 5.69 Å². The van der Waals surface area contributed by atoms with Gasteiger partial charge >= 0.3 is 0 Å². The summed E-state index contributed by atoms with van der Waals surface area (Å²) < 4.78 is 2.70. The van der Waals surface area contributed by atoms with Gasteiger partial charge in [-0.25, -0.2) is 0 Å². The zero-order valence-electron chi connectivity index (χ0n) is 38.6. The Morgan fingerprint density at radius 3 is 2.16 bits per heavy atom. The minimum Gasteiger partial charge on any atom is -0.335 e. The Kier molecular flexibility index (Phi) is 7.01. The maximum absolute atomic E-state index is 2.95. The number of aryl methyl sites for hydroxylation is 1. The number of para-hydroxylation sites is 2. The first-order chi connectivity index (χ1) is 29.5. The van der Waals surface area contributed by atoms with Gasteiger partial charge in [-0.15, -0.1) is 0 Å². The topological polar surface area (TPSA) is 11.4 Å². The van der Waals surface area contributed by atoms with Crippen LogP contribution < -0.4 is 31.4 Å². The lowest BCUT2D eigenvalue weighted by Gasteiger charge is -2.53. The van der Waals surface area contributed by atoms with E-state index in [-0.39, 0.29) is 34.0 Å². The fourth-order valence-corrected chi connectivity index (χ4v) is 15.6. The highest BCUT2D eigenvalue weighted by atomic mass is 28.3. The molecule has 0 bridgehead atoms. The van der Waals surface area contributed by atoms with Crippen LogP contribution in [0.15, 0.2) is 109 Å². The average Bonchev–Trinajstić information content (AvgIpc) is 3.77. The van der Waals surface area contributed by atoms with Crippen molar-refractivity contribution < 1.29 is 0 Å². The van der Waals surface area contributed by atoms with Gasteiger partial charge < -0.3 is 14.4 Å². The third-order valence-electron chi connectivity index (χ3n) is 18.2. The van der Waals surface area contributed by atoms with E-state index >= 15 is 0 Å². The highest BCUT2D eigenvalue weighted by Crippen LogP contribution is 2.66. The standard InChI is InChI=1S/C57H60BN3Si/c1-53(2,3)36-24-25-47-42(30-36)55(5)29-26-35-18-11-13-21-41(35)57(55,7)60(47)37-31-48-50-49(32-37)61-52-43(54(4)27-15-16-28-56(54,61)6)33-38(62(8,9)10)34-45(52)58(50)44-22-17-20-40-39-19-12-14-23-46(39)59(48)51(40)44/h11-14,17-25,30-34H,15-16,26-29H2,1-10H3. The molecule has 1 fully saturated rings. The van der Waals surface area contributed by atoms with Crippen LogP contribution in [0, 0.1) is 0 Å². The summed E-state index contributed by atoms with van der Waals surface area (Å²) in [4.78, 5) is 5.79. The molecule has 4 atom stereocenters. The summed E-state index contributed by atoms with van der Waals surface area (Å²) in [5, 5.41) is 4.32. The second-order valence-electron chi connectivity index (χ2n) is 23.2. The van der Waals surface area contributed by atoms with Crippen molar-refractivity contribution in [2.45, 2.75) is 134 Å². The summed E-state index contributed by atoms with van der Waals surface area (Å²) in [7, 11) is -1.69. The van der Waals surface area contributed by atoms with Crippen molar-refractivity contribution >= 4 is 80.9 Å². The Morgan fingerprint density at radius 2 is 1.35 bits per heavy atom. The Hall–Kier alpha value is -5.00. The SMILES string of the molecule is CC(C)(C)c1ccc2c(c1)C1(C)CCc3ccccc3C1(C)N2c1cc2c3c(c1)-n1c4ccccc4c4cccc(c41)B3c1cc([Si](C)(C)C)cc3c1N2C1(C)CCCCC31C. The molecule has 5 heteroatoms. The molecule has 3 nitrogen and oxygen atoms in total. The summed E-state index contributed by atoms with van der Waals surface area (Å²) in [6.07, 6.45) is 7.21. The largest absolute Gasteiger partial charge is 0.335 e. The van der Waals surface area contributed by atoms with Crippen molar-refractivity contribution in [3.63, 3.8) is 0 Å². The van der Waals surface area contributed by atoms with Gasteiger partial charge in [-0.1, -0.05) is 157 Å². The molecular weight excluding hydrogens is 766 g/mol. The molecule has 4 aliphatic heterocycles. The van der Waals surface area contributed by atoms with Crippen LogP contribution in [0.2, 0.25) is 19.6 Å². The first-order valence-electron chi connectivity index (χ1n) is 23.7. The summed E-state index contributed by atoms with van der Waals surface area (Å²) in [6.45, 7) is 25.4. The second-order valence-corrected chi connectivity index (χ2v) is 28.2. The lowest BCUT2D eigenvalue weighted by atomic mass is 9.33. The van der Waals surface area contributed by atoms with Crippen molar-refractivity contribution in [3.05, 3.63) is 137 Å². The number of fused-ring (bicyclic) bond motifs is 15.